The Bertz CT molecular complexity index is 497. The normalized spacial score (nSPS) is 15.4. The number of methoxy groups -OCH3 is 3. The average molecular weight is 310 g/mol. The largest absolute Gasteiger partial charge is 0.493 e. The summed E-state index contributed by atoms with van der Waals surface area (Å²) < 4.78 is 15.3. The second kappa shape index (κ2) is 7.07. The van der Waals surface area contributed by atoms with Crippen molar-refractivity contribution >= 4 is 17.7 Å². The third-order valence-corrected chi connectivity index (χ3v) is 5.18. The van der Waals surface area contributed by atoms with Crippen molar-refractivity contribution in [1.82, 2.24) is 0 Å². The van der Waals surface area contributed by atoms with E-state index in [1.807, 2.05) is 30.0 Å². The van der Waals surface area contributed by atoms with Gasteiger partial charge in [-0.25, -0.2) is 0 Å². The number of rotatable bonds is 8. The molecule has 1 aliphatic carbocycles. The summed E-state index contributed by atoms with van der Waals surface area (Å²) >= 11 is 1.86. The molecule has 0 saturated heterocycles. The van der Waals surface area contributed by atoms with E-state index < -0.39 is 0 Å². The van der Waals surface area contributed by atoms with Crippen molar-refractivity contribution in [3.63, 3.8) is 0 Å². The lowest BCUT2D eigenvalue weighted by Crippen LogP contribution is -2.13. The van der Waals surface area contributed by atoms with Crippen LogP contribution in [0.2, 0.25) is 0 Å². The van der Waals surface area contributed by atoms with E-state index in [9.17, 15) is 4.79 Å². The van der Waals surface area contributed by atoms with E-state index in [-0.39, 0.29) is 11.4 Å². The third kappa shape index (κ3) is 4.30. The molecule has 0 unspecified atom stereocenters. The van der Waals surface area contributed by atoms with Crippen LogP contribution in [-0.4, -0.2) is 33.1 Å². The first-order valence-corrected chi connectivity index (χ1v) is 8.13. The van der Waals surface area contributed by atoms with Gasteiger partial charge in [0.25, 0.3) is 0 Å². The van der Waals surface area contributed by atoms with Crippen LogP contribution in [0, 0.1) is 5.41 Å². The van der Waals surface area contributed by atoms with E-state index in [1.54, 1.807) is 14.2 Å². The molecular weight excluding hydrogens is 288 g/mol. The molecule has 1 saturated carbocycles. The Morgan fingerprint density at radius 3 is 2.48 bits per heavy atom. The van der Waals surface area contributed by atoms with E-state index in [2.05, 4.69) is 0 Å². The number of esters is 1. The number of carbonyl (C=O) groups excluding carboxylic acids is 1. The van der Waals surface area contributed by atoms with Crippen LogP contribution in [0.15, 0.2) is 18.2 Å². The molecule has 1 aromatic carbocycles. The first kappa shape index (κ1) is 16.0. The number of hydrogen-bond acceptors (Lipinski definition) is 5. The molecule has 21 heavy (non-hydrogen) atoms. The summed E-state index contributed by atoms with van der Waals surface area (Å²) in [7, 11) is 4.73. The Morgan fingerprint density at radius 1 is 1.19 bits per heavy atom. The van der Waals surface area contributed by atoms with E-state index in [0.717, 1.165) is 35.8 Å². The summed E-state index contributed by atoms with van der Waals surface area (Å²) in [5.41, 5.74) is 1.38. The number of hydrogen-bond donors (Lipinski definition) is 0. The van der Waals surface area contributed by atoms with Gasteiger partial charge in [-0.15, -0.1) is 0 Å². The van der Waals surface area contributed by atoms with Gasteiger partial charge >= 0.3 is 5.97 Å². The molecule has 4 nitrogen and oxygen atoms in total. The topological polar surface area (TPSA) is 44.8 Å². The Morgan fingerprint density at radius 2 is 1.90 bits per heavy atom. The minimum Gasteiger partial charge on any atom is -0.493 e. The quantitative estimate of drug-likeness (QED) is 0.690. The second-order valence-corrected chi connectivity index (χ2v) is 6.42. The predicted molar refractivity (Wildman–Crippen MR) is 84.0 cm³/mol. The highest BCUT2D eigenvalue weighted by Gasteiger charge is 2.44. The average Bonchev–Trinajstić information content (AvgIpc) is 3.26. The van der Waals surface area contributed by atoms with Gasteiger partial charge in [-0.2, -0.15) is 11.8 Å². The Balaban J connectivity index is 1.85. The van der Waals surface area contributed by atoms with Gasteiger partial charge < -0.3 is 14.2 Å². The van der Waals surface area contributed by atoms with Gasteiger partial charge in [-0.1, -0.05) is 6.07 Å². The fourth-order valence-corrected chi connectivity index (χ4v) is 3.62. The van der Waals surface area contributed by atoms with E-state index in [4.69, 9.17) is 14.2 Å². The maximum atomic E-state index is 11.4. The Kier molecular flexibility index (Phi) is 5.39. The van der Waals surface area contributed by atoms with Crippen LogP contribution in [0.1, 0.15) is 24.8 Å². The van der Waals surface area contributed by atoms with Crippen LogP contribution in [0.3, 0.4) is 0 Å². The first-order valence-electron chi connectivity index (χ1n) is 6.98. The van der Waals surface area contributed by atoms with Crippen molar-refractivity contribution in [3.05, 3.63) is 23.8 Å². The van der Waals surface area contributed by atoms with Gasteiger partial charge in [0.15, 0.2) is 11.5 Å². The smallest absolute Gasteiger partial charge is 0.306 e. The lowest BCUT2D eigenvalue weighted by atomic mass is 10.1. The summed E-state index contributed by atoms with van der Waals surface area (Å²) in [5, 5.41) is 0. The minimum absolute atomic E-state index is 0.0979. The molecule has 0 aromatic heterocycles. The van der Waals surface area contributed by atoms with E-state index in [0.29, 0.717) is 6.42 Å². The van der Waals surface area contributed by atoms with Crippen LogP contribution in [0.5, 0.6) is 11.5 Å². The minimum atomic E-state index is -0.0979. The van der Waals surface area contributed by atoms with E-state index >= 15 is 0 Å². The Labute approximate surface area is 130 Å². The van der Waals surface area contributed by atoms with Gasteiger partial charge in [-0.3, -0.25) is 4.79 Å². The molecule has 0 amide bonds. The standard InChI is InChI=1S/C16H22O4S/c1-18-13-5-4-12(8-14(13)19-2)10-21-11-16(6-7-16)9-15(17)20-3/h4-5,8H,6-7,9-11H2,1-3H3. The highest BCUT2D eigenvalue weighted by molar-refractivity contribution is 7.98. The highest BCUT2D eigenvalue weighted by atomic mass is 32.2. The molecule has 0 bridgehead atoms. The van der Waals surface area contributed by atoms with Gasteiger partial charge in [0.1, 0.15) is 0 Å². The number of carbonyl (C=O) groups is 1. The highest BCUT2D eigenvalue weighted by Crippen LogP contribution is 2.51. The zero-order valence-electron chi connectivity index (χ0n) is 12.8. The number of benzene rings is 1. The molecule has 1 fully saturated rings. The lowest BCUT2D eigenvalue weighted by molar-refractivity contribution is -0.141. The summed E-state index contributed by atoms with van der Waals surface area (Å²) in [6.07, 6.45) is 2.80. The lowest BCUT2D eigenvalue weighted by Gasteiger charge is -2.13. The molecular formula is C16H22O4S. The fraction of sp³-hybridized carbons (Fsp3) is 0.562. The number of thioether (sulfide) groups is 1. The molecule has 1 aliphatic rings. The van der Waals surface area contributed by atoms with Crippen molar-refractivity contribution in [2.75, 3.05) is 27.1 Å². The molecule has 1 aromatic rings. The number of ether oxygens (including phenoxy) is 3. The molecule has 116 valence electrons. The molecule has 0 atom stereocenters. The predicted octanol–water partition coefficient (Wildman–Crippen LogP) is 3.28. The van der Waals surface area contributed by atoms with Crippen LogP contribution in [0.4, 0.5) is 0 Å². The second-order valence-electron chi connectivity index (χ2n) is 5.44. The van der Waals surface area contributed by atoms with Gasteiger partial charge in [0, 0.05) is 5.75 Å². The maximum absolute atomic E-state index is 11.4. The SMILES string of the molecule is COC(=O)CC1(CSCc2ccc(OC)c(OC)c2)CC1. The molecule has 5 heteroatoms. The van der Waals surface area contributed by atoms with Crippen LogP contribution in [-0.2, 0) is 15.3 Å². The van der Waals surface area contributed by atoms with Gasteiger partial charge in [0.2, 0.25) is 0 Å². The first-order chi connectivity index (χ1) is 10.1. The van der Waals surface area contributed by atoms with Crippen LogP contribution in [0.25, 0.3) is 0 Å². The van der Waals surface area contributed by atoms with Crippen molar-refractivity contribution in [2.24, 2.45) is 5.41 Å². The molecule has 0 heterocycles. The molecule has 0 N–H and O–H groups in total. The third-order valence-electron chi connectivity index (χ3n) is 3.83. The Hall–Kier alpha value is -1.36. The molecule has 0 radical (unpaired) electrons. The summed E-state index contributed by atoms with van der Waals surface area (Å²) in [5.74, 6) is 3.31. The van der Waals surface area contributed by atoms with Crippen LogP contribution >= 0.6 is 11.8 Å². The van der Waals surface area contributed by atoms with Gasteiger partial charge in [0.05, 0.1) is 27.8 Å². The van der Waals surface area contributed by atoms with Crippen molar-refractivity contribution in [2.45, 2.75) is 25.0 Å². The van der Waals surface area contributed by atoms with Crippen molar-refractivity contribution in [3.8, 4) is 11.5 Å². The van der Waals surface area contributed by atoms with Crippen molar-refractivity contribution in [1.29, 1.82) is 0 Å². The summed E-state index contributed by atoms with van der Waals surface area (Å²) in [6, 6.07) is 5.98. The van der Waals surface area contributed by atoms with E-state index in [1.165, 1.54) is 12.7 Å². The monoisotopic (exact) mass is 310 g/mol. The van der Waals surface area contributed by atoms with Gasteiger partial charge in [-0.05, 0) is 41.7 Å². The summed E-state index contributed by atoms with van der Waals surface area (Å²) in [4.78, 5) is 11.4. The van der Waals surface area contributed by atoms with Crippen molar-refractivity contribution < 1.29 is 19.0 Å². The maximum Gasteiger partial charge on any atom is 0.306 e. The molecule has 0 spiro atoms. The zero-order chi connectivity index (χ0) is 15.3. The molecule has 2 rings (SSSR count). The van der Waals surface area contributed by atoms with Crippen LogP contribution < -0.4 is 9.47 Å². The molecule has 0 aliphatic heterocycles. The fourth-order valence-electron chi connectivity index (χ4n) is 2.28. The zero-order valence-corrected chi connectivity index (χ0v) is 13.6. The summed E-state index contributed by atoms with van der Waals surface area (Å²) in [6.45, 7) is 0.